The van der Waals surface area contributed by atoms with Gasteiger partial charge in [0.15, 0.2) is 0 Å². The summed E-state index contributed by atoms with van der Waals surface area (Å²) in [7, 11) is 0. The molecule has 3 N–H and O–H groups in total. The zero-order valence-electron chi connectivity index (χ0n) is 20.3. The van der Waals surface area contributed by atoms with E-state index in [-0.39, 0.29) is 11.9 Å². The first-order chi connectivity index (χ1) is 16.9. The van der Waals surface area contributed by atoms with E-state index < -0.39 is 0 Å². The number of hydrogen-bond acceptors (Lipinski definition) is 6. The molecular weight excluding hydrogens is 440 g/mol. The second-order valence-electron chi connectivity index (χ2n) is 9.07. The molecule has 35 heavy (non-hydrogen) atoms. The van der Waals surface area contributed by atoms with Crippen LogP contribution in [0.5, 0.6) is 0 Å². The lowest BCUT2D eigenvalue weighted by Crippen LogP contribution is -2.44. The molecule has 1 amide bonds. The molecule has 0 bridgehead atoms. The number of fused-ring (bicyclic) bond motifs is 1. The number of carbonyl (C=O) groups is 1. The van der Waals surface area contributed by atoms with Crippen molar-refractivity contribution in [3.05, 3.63) is 66.1 Å². The normalized spacial score (nSPS) is 15.9. The summed E-state index contributed by atoms with van der Waals surface area (Å²) >= 11 is 0. The maximum Gasteiger partial charge on any atom is 0.246 e. The van der Waals surface area contributed by atoms with E-state index in [2.05, 4.69) is 38.3 Å². The van der Waals surface area contributed by atoms with Crippen molar-refractivity contribution in [3.8, 4) is 5.69 Å². The van der Waals surface area contributed by atoms with Gasteiger partial charge in [0.25, 0.3) is 0 Å². The maximum absolute atomic E-state index is 12.1. The van der Waals surface area contributed by atoms with Crippen LogP contribution < -0.4 is 10.6 Å². The molecule has 5 rings (SSSR count). The third-order valence-electron chi connectivity index (χ3n) is 6.35. The molecule has 0 aliphatic carbocycles. The number of rotatable bonds is 6. The standard InChI is InChI=1S/C26H30N8O/c1-5-22(35)33-12-6-7-20(15-33)28-25-23-16(2)14-27-24(23)30-26(31-25)29-19-8-10-21(11-9-19)34-18(4)13-17(3)32-34/h5,8-11,13-14,20H,1,6-7,12,15H2,2-4H3,(H3,27,28,29,30,31)/t20-/m1/s1. The van der Waals surface area contributed by atoms with Crippen molar-refractivity contribution in [3.63, 3.8) is 0 Å². The Morgan fingerprint density at radius 2 is 2.00 bits per heavy atom. The van der Waals surface area contributed by atoms with Crippen LogP contribution in [0.3, 0.4) is 0 Å². The van der Waals surface area contributed by atoms with Gasteiger partial charge in [-0.3, -0.25) is 4.79 Å². The van der Waals surface area contributed by atoms with Gasteiger partial charge in [-0.2, -0.15) is 15.1 Å². The van der Waals surface area contributed by atoms with Crippen LogP contribution in [-0.2, 0) is 4.79 Å². The van der Waals surface area contributed by atoms with Gasteiger partial charge in [-0.15, -0.1) is 0 Å². The highest BCUT2D eigenvalue weighted by molar-refractivity contribution is 5.92. The van der Waals surface area contributed by atoms with Gasteiger partial charge in [0.2, 0.25) is 11.9 Å². The Hall–Kier alpha value is -4.14. The summed E-state index contributed by atoms with van der Waals surface area (Å²) in [5.41, 5.74) is 5.78. The van der Waals surface area contributed by atoms with Gasteiger partial charge in [0.05, 0.1) is 16.8 Å². The zero-order valence-corrected chi connectivity index (χ0v) is 20.3. The highest BCUT2D eigenvalue weighted by atomic mass is 16.2. The number of benzene rings is 1. The van der Waals surface area contributed by atoms with E-state index in [9.17, 15) is 4.79 Å². The van der Waals surface area contributed by atoms with Crippen LogP contribution in [-0.4, -0.2) is 54.7 Å². The van der Waals surface area contributed by atoms with E-state index in [1.807, 2.05) is 60.8 Å². The number of amides is 1. The summed E-state index contributed by atoms with van der Waals surface area (Å²) in [5, 5.41) is 12.4. The van der Waals surface area contributed by atoms with Gasteiger partial charge in [0, 0.05) is 36.7 Å². The zero-order chi connectivity index (χ0) is 24.5. The number of aryl methyl sites for hydroxylation is 3. The van der Waals surface area contributed by atoms with Gasteiger partial charge in [-0.25, -0.2) is 4.68 Å². The van der Waals surface area contributed by atoms with Gasteiger partial charge in [0.1, 0.15) is 11.5 Å². The summed E-state index contributed by atoms with van der Waals surface area (Å²) in [4.78, 5) is 26.7. The SMILES string of the molecule is C=CC(=O)N1CCC[C@@H](Nc2nc(Nc3ccc(-n4nc(C)cc4C)cc3)nc3[nH]cc(C)c23)C1. The maximum atomic E-state index is 12.1. The van der Waals surface area contributed by atoms with E-state index in [0.717, 1.165) is 64.6 Å². The first-order valence-electron chi connectivity index (χ1n) is 11.9. The Kier molecular flexibility index (Phi) is 5.98. The van der Waals surface area contributed by atoms with Crippen LogP contribution in [0.2, 0.25) is 0 Å². The van der Waals surface area contributed by atoms with Crippen molar-refractivity contribution in [2.75, 3.05) is 23.7 Å². The summed E-state index contributed by atoms with van der Waals surface area (Å²) < 4.78 is 1.93. The van der Waals surface area contributed by atoms with E-state index in [4.69, 9.17) is 4.98 Å². The third-order valence-corrected chi connectivity index (χ3v) is 6.35. The smallest absolute Gasteiger partial charge is 0.246 e. The highest BCUT2D eigenvalue weighted by Crippen LogP contribution is 2.28. The van der Waals surface area contributed by atoms with Crippen LogP contribution in [0.25, 0.3) is 16.7 Å². The molecule has 3 aromatic heterocycles. The number of hydrogen-bond donors (Lipinski definition) is 3. The first kappa shape index (κ1) is 22.6. The molecule has 1 aliphatic rings. The first-order valence-corrected chi connectivity index (χ1v) is 11.9. The Balaban J connectivity index is 1.39. The fraction of sp³-hybridized carbons (Fsp3) is 0.308. The molecular formula is C26H30N8O. The van der Waals surface area contributed by atoms with Crippen LogP contribution in [0, 0.1) is 20.8 Å². The van der Waals surface area contributed by atoms with E-state index >= 15 is 0 Å². The third kappa shape index (κ3) is 4.62. The second-order valence-corrected chi connectivity index (χ2v) is 9.07. The molecule has 0 unspecified atom stereocenters. The fourth-order valence-corrected chi connectivity index (χ4v) is 4.67. The number of carbonyl (C=O) groups excluding carboxylic acids is 1. The summed E-state index contributed by atoms with van der Waals surface area (Å²) in [6, 6.07) is 10.2. The van der Waals surface area contributed by atoms with Crippen LogP contribution in [0.1, 0.15) is 29.8 Å². The number of aromatic nitrogens is 5. The van der Waals surface area contributed by atoms with Crippen molar-refractivity contribution in [2.24, 2.45) is 0 Å². The van der Waals surface area contributed by atoms with Crippen molar-refractivity contribution < 1.29 is 4.79 Å². The van der Waals surface area contributed by atoms with Gasteiger partial charge in [-0.1, -0.05) is 6.58 Å². The summed E-state index contributed by atoms with van der Waals surface area (Å²) in [5.74, 6) is 1.22. The predicted octanol–water partition coefficient (Wildman–Crippen LogP) is 4.40. The lowest BCUT2D eigenvalue weighted by molar-refractivity contribution is -0.127. The van der Waals surface area contributed by atoms with Crippen LogP contribution in [0.4, 0.5) is 17.5 Å². The molecule has 9 nitrogen and oxygen atoms in total. The Labute approximate surface area is 204 Å². The number of nitrogens with one attached hydrogen (secondary N) is 3. The minimum Gasteiger partial charge on any atom is -0.365 e. The minimum absolute atomic E-state index is 0.0339. The van der Waals surface area contributed by atoms with Crippen molar-refractivity contribution in [1.82, 2.24) is 29.6 Å². The van der Waals surface area contributed by atoms with Crippen LogP contribution in [0.15, 0.2) is 49.2 Å². The second kappa shape index (κ2) is 9.25. The van der Waals surface area contributed by atoms with E-state index in [1.54, 1.807) is 0 Å². The monoisotopic (exact) mass is 470 g/mol. The van der Waals surface area contributed by atoms with E-state index in [1.165, 1.54) is 6.08 Å². The van der Waals surface area contributed by atoms with Gasteiger partial charge < -0.3 is 20.5 Å². The van der Waals surface area contributed by atoms with Crippen molar-refractivity contribution >= 4 is 34.4 Å². The molecule has 9 heteroatoms. The predicted molar refractivity (Wildman–Crippen MR) is 138 cm³/mol. The molecule has 1 saturated heterocycles. The Morgan fingerprint density at radius 1 is 1.20 bits per heavy atom. The molecule has 1 aliphatic heterocycles. The Morgan fingerprint density at radius 3 is 2.71 bits per heavy atom. The Bertz CT molecular complexity index is 1380. The lowest BCUT2D eigenvalue weighted by atomic mass is 10.1. The molecule has 4 heterocycles. The van der Waals surface area contributed by atoms with Crippen molar-refractivity contribution in [1.29, 1.82) is 0 Å². The quantitative estimate of drug-likeness (QED) is 0.361. The minimum atomic E-state index is -0.0339. The molecule has 0 saturated carbocycles. The number of nitrogens with zero attached hydrogens (tertiary/aromatic N) is 5. The molecule has 1 aromatic carbocycles. The topological polar surface area (TPSA) is 104 Å². The summed E-state index contributed by atoms with van der Waals surface area (Å²) in [6.07, 6.45) is 5.21. The molecule has 4 aromatic rings. The molecule has 0 radical (unpaired) electrons. The lowest BCUT2D eigenvalue weighted by Gasteiger charge is -2.33. The number of anilines is 3. The largest absolute Gasteiger partial charge is 0.365 e. The molecule has 1 fully saturated rings. The molecule has 180 valence electrons. The number of piperidine rings is 1. The average Bonchev–Trinajstić information content (AvgIpc) is 3.40. The number of H-pyrrole nitrogens is 1. The van der Waals surface area contributed by atoms with Gasteiger partial charge >= 0.3 is 0 Å². The molecule has 0 spiro atoms. The molecule has 1 atom stereocenters. The number of likely N-dealkylation sites (tertiary alicyclic amines) is 1. The van der Waals surface area contributed by atoms with Gasteiger partial charge in [-0.05, 0) is 75.6 Å². The van der Waals surface area contributed by atoms with Crippen molar-refractivity contribution in [2.45, 2.75) is 39.7 Å². The van der Waals surface area contributed by atoms with E-state index in [0.29, 0.717) is 12.5 Å². The summed E-state index contributed by atoms with van der Waals surface area (Å²) in [6.45, 7) is 11.1. The fourth-order valence-electron chi connectivity index (χ4n) is 4.67. The van der Waals surface area contributed by atoms with Crippen LogP contribution >= 0.6 is 0 Å². The highest BCUT2D eigenvalue weighted by Gasteiger charge is 2.24. The number of aromatic amines is 1. The average molecular weight is 471 g/mol.